The predicted molar refractivity (Wildman–Crippen MR) is 78.8 cm³/mol. The summed E-state index contributed by atoms with van der Waals surface area (Å²) in [4.78, 5) is 28.8. The molecule has 1 saturated heterocycles. The maximum Gasteiger partial charge on any atom is 0.323 e. The van der Waals surface area contributed by atoms with Crippen LogP contribution in [-0.2, 0) is 9.53 Å². The summed E-state index contributed by atoms with van der Waals surface area (Å²) in [5.41, 5.74) is 0.945. The Balaban J connectivity index is 1.91. The molecule has 8 heteroatoms. The molecule has 2 N–H and O–H groups in total. The maximum atomic E-state index is 12.2. The van der Waals surface area contributed by atoms with Gasteiger partial charge in [0.15, 0.2) is 5.13 Å². The van der Waals surface area contributed by atoms with E-state index in [1.807, 2.05) is 19.2 Å². The van der Waals surface area contributed by atoms with E-state index in [-0.39, 0.29) is 19.0 Å². The molecular formula is C13H19N3O4S. The summed E-state index contributed by atoms with van der Waals surface area (Å²) in [7, 11) is 0. The van der Waals surface area contributed by atoms with Crippen LogP contribution in [0.15, 0.2) is 5.38 Å². The molecule has 1 atom stereocenters. The quantitative estimate of drug-likeness (QED) is 0.886. The molecule has 1 aromatic heterocycles. The highest BCUT2D eigenvalue weighted by molar-refractivity contribution is 7.13. The normalized spacial score (nSPS) is 18.8. The molecule has 7 nitrogen and oxygen atoms in total. The Morgan fingerprint density at radius 2 is 2.38 bits per heavy atom. The van der Waals surface area contributed by atoms with Gasteiger partial charge < -0.3 is 14.7 Å². The SMILES string of the molecule is CC(C)c1csc(NC(=O)N2CCOC(CC(=O)O)C2)n1. The molecule has 1 aliphatic rings. The molecule has 21 heavy (non-hydrogen) atoms. The monoisotopic (exact) mass is 313 g/mol. The summed E-state index contributed by atoms with van der Waals surface area (Å²) in [5, 5.41) is 14.0. The zero-order valence-corrected chi connectivity index (χ0v) is 12.9. The molecule has 1 aromatic rings. The topological polar surface area (TPSA) is 91.8 Å². The zero-order chi connectivity index (χ0) is 15.4. The van der Waals surface area contributed by atoms with Crippen molar-refractivity contribution in [2.45, 2.75) is 32.3 Å². The lowest BCUT2D eigenvalue weighted by atomic mass is 10.2. The third kappa shape index (κ3) is 4.40. The first-order valence-electron chi connectivity index (χ1n) is 6.80. The van der Waals surface area contributed by atoms with Crippen molar-refractivity contribution >= 4 is 28.5 Å². The molecular weight excluding hydrogens is 294 g/mol. The van der Waals surface area contributed by atoms with Gasteiger partial charge in [-0.3, -0.25) is 10.1 Å². The van der Waals surface area contributed by atoms with Gasteiger partial charge in [-0.1, -0.05) is 13.8 Å². The van der Waals surface area contributed by atoms with Crippen molar-refractivity contribution in [3.05, 3.63) is 11.1 Å². The van der Waals surface area contributed by atoms with Gasteiger partial charge in [0, 0.05) is 18.5 Å². The number of nitrogens with zero attached hydrogens (tertiary/aromatic N) is 2. The second kappa shape index (κ2) is 6.86. The van der Waals surface area contributed by atoms with E-state index in [4.69, 9.17) is 9.84 Å². The van der Waals surface area contributed by atoms with Crippen LogP contribution in [0.5, 0.6) is 0 Å². The number of carbonyl (C=O) groups is 2. The highest BCUT2D eigenvalue weighted by atomic mass is 32.1. The van der Waals surface area contributed by atoms with Gasteiger partial charge in [0.1, 0.15) is 0 Å². The molecule has 1 unspecified atom stereocenters. The van der Waals surface area contributed by atoms with Gasteiger partial charge in [0.2, 0.25) is 0 Å². The number of aromatic nitrogens is 1. The average Bonchev–Trinajstić information content (AvgIpc) is 2.87. The van der Waals surface area contributed by atoms with Gasteiger partial charge in [0.05, 0.1) is 24.8 Å². The Bertz CT molecular complexity index is 517. The van der Waals surface area contributed by atoms with E-state index in [0.717, 1.165) is 5.69 Å². The van der Waals surface area contributed by atoms with E-state index in [0.29, 0.717) is 24.2 Å². The van der Waals surface area contributed by atoms with Crippen LogP contribution in [0.1, 0.15) is 31.9 Å². The molecule has 116 valence electrons. The zero-order valence-electron chi connectivity index (χ0n) is 12.0. The van der Waals surface area contributed by atoms with E-state index in [9.17, 15) is 9.59 Å². The largest absolute Gasteiger partial charge is 0.481 e. The van der Waals surface area contributed by atoms with E-state index in [1.54, 1.807) is 4.90 Å². The van der Waals surface area contributed by atoms with Crippen LogP contribution in [0.4, 0.5) is 9.93 Å². The maximum absolute atomic E-state index is 12.2. The van der Waals surface area contributed by atoms with Crippen molar-refractivity contribution in [1.82, 2.24) is 9.88 Å². The van der Waals surface area contributed by atoms with Crippen molar-refractivity contribution in [3.8, 4) is 0 Å². The van der Waals surface area contributed by atoms with Gasteiger partial charge >= 0.3 is 12.0 Å². The van der Waals surface area contributed by atoms with E-state index < -0.39 is 12.1 Å². The van der Waals surface area contributed by atoms with Crippen LogP contribution in [0.25, 0.3) is 0 Å². The number of carboxylic acids is 1. The van der Waals surface area contributed by atoms with Crippen LogP contribution in [0, 0.1) is 0 Å². The smallest absolute Gasteiger partial charge is 0.323 e. The van der Waals surface area contributed by atoms with Gasteiger partial charge in [-0.05, 0) is 5.92 Å². The first-order chi connectivity index (χ1) is 9.95. The van der Waals surface area contributed by atoms with E-state index in [1.165, 1.54) is 11.3 Å². The molecule has 0 aromatic carbocycles. The number of hydrogen-bond acceptors (Lipinski definition) is 5. The third-order valence-corrected chi connectivity index (χ3v) is 3.93. The lowest BCUT2D eigenvalue weighted by Crippen LogP contribution is -2.47. The minimum absolute atomic E-state index is 0.0987. The number of morpholine rings is 1. The molecule has 0 bridgehead atoms. The second-order valence-corrected chi connectivity index (χ2v) is 6.06. The van der Waals surface area contributed by atoms with Crippen molar-refractivity contribution in [2.24, 2.45) is 0 Å². The van der Waals surface area contributed by atoms with Crippen molar-refractivity contribution in [2.75, 3.05) is 25.0 Å². The highest BCUT2D eigenvalue weighted by Gasteiger charge is 2.26. The summed E-state index contributed by atoms with van der Waals surface area (Å²) in [6.45, 7) is 5.16. The van der Waals surface area contributed by atoms with Gasteiger partial charge in [-0.2, -0.15) is 0 Å². The Morgan fingerprint density at radius 3 is 3.00 bits per heavy atom. The van der Waals surface area contributed by atoms with Crippen LogP contribution in [-0.4, -0.2) is 52.8 Å². The Kier molecular flexibility index (Phi) is 5.13. The van der Waals surface area contributed by atoms with Crippen LogP contribution < -0.4 is 5.32 Å². The Labute approximate surface area is 126 Å². The molecule has 2 rings (SSSR count). The summed E-state index contributed by atoms with van der Waals surface area (Å²) in [6.07, 6.45) is -0.553. The molecule has 0 saturated carbocycles. The number of carboxylic acid groups (broad SMARTS) is 1. The number of anilines is 1. The number of aliphatic carboxylic acids is 1. The minimum atomic E-state index is -0.927. The molecule has 0 spiro atoms. The first kappa shape index (κ1) is 15.7. The van der Waals surface area contributed by atoms with Crippen molar-refractivity contribution in [3.63, 3.8) is 0 Å². The van der Waals surface area contributed by atoms with Crippen LogP contribution in [0.3, 0.4) is 0 Å². The van der Waals surface area contributed by atoms with Gasteiger partial charge in [0.25, 0.3) is 0 Å². The highest BCUT2D eigenvalue weighted by Crippen LogP contribution is 2.22. The lowest BCUT2D eigenvalue weighted by molar-refractivity contribution is -0.141. The van der Waals surface area contributed by atoms with Gasteiger partial charge in [-0.25, -0.2) is 9.78 Å². The predicted octanol–water partition coefficient (Wildman–Crippen LogP) is 1.97. The molecule has 1 fully saturated rings. The standard InChI is InChI=1S/C13H19N3O4S/c1-8(2)10-7-21-12(14-10)15-13(19)16-3-4-20-9(6-16)5-11(17)18/h7-9H,3-6H2,1-2H3,(H,17,18)(H,14,15,19). The molecule has 0 radical (unpaired) electrons. The average molecular weight is 313 g/mol. The number of nitrogens with one attached hydrogen (secondary N) is 1. The van der Waals surface area contributed by atoms with E-state index >= 15 is 0 Å². The van der Waals surface area contributed by atoms with Crippen LogP contribution >= 0.6 is 11.3 Å². The summed E-state index contributed by atoms with van der Waals surface area (Å²) in [5.74, 6) is -0.612. The lowest BCUT2D eigenvalue weighted by Gasteiger charge is -2.32. The number of rotatable bonds is 4. The number of amides is 2. The van der Waals surface area contributed by atoms with E-state index in [2.05, 4.69) is 10.3 Å². The number of thiazole rings is 1. The second-order valence-electron chi connectivity index (χ2n) is 5.20. The minimum Gasteiger partial charge on any atom is -0.481 e. The summed E-state index contributed by atoms with van der Waals surface area (Å²) in [6, 6.07) is -0.265. The molecule has 2 amide bonds. The summed E-state index contributed by atoms with van der Waals surface area (Å²) >= 11 is 1.39. The Hall–Kier alpha value is -1.67. The van der Waals surface area contributed by atoms with Crippen LogP contribution in [0.2, 0.25) is 0 Å². The number of hydrogen-bond donors (Lipinski definition) is 2. The fourth-order valence-corrected chi connectivity index (χ4v) is 2.86. The number of ether oxygens (including phenoxy) is 1. The van der Waals surface area contributed by atoms with Crippen molar-refractivity contribution in [1.29, 1.82) is 0 Å². The fraction of sp³-hybridized carbons (Fsp3) is 0.615. The Morgan fingerprint density at radius 1 is 1.62 bits per heavy atom. The first-order valence-corrected chi connectivity index (χ1v) is 7.68. The summed E-state index contributed by atoms with van der Waals surface area (Å²) < 4.78 is 5.34. The molecule has 1 aliphatic heterocycles. The molecule has 0 aliphatic carbocycles. The fourth-order valence-electron chi connectivity index (χ4n) is 2.00. The third-order valence-electron chi connectivity index (χ3n) is 3.16. The number of urea groups is 1. The van der Waals surface area contributed by atoms with Gasteiger partial charge in [-0.15, -0.1) is 11.3 Å². The van der Waals surface area contributed by atoms with Crippen molar-refractivity contribution < 1.29 is 19.4 Å². The number of carbonyl (C=O) groups excluding carboxylic acids is 1. The molecule has 2 heterocycles.